The lowest BCUT2D eigenvalue weighted by atomic mass is 10.1. The monoisotopic (exact) mass is 269 g/mol. The third kappa shape index (κ3) is 3.20. The summed E-state index contributed by atoms with van der Waals surface area (Å²) in [6.45, 7) is 3.91. The fourth-order valence-corrected chi connectivity index (χ4v) is 1.92. The van der Waals surface area contributed by atoms with Gasteiger partial charge in [-0.25, -0.2) is 0 Å². The molecule has 2 aromatic carbocycles. The Morgan fingerprint density at radius 2 is 1.75 bits per heavy atom. The number of non-ortho nitro benzene ring substituents is 1. The minimum absolute atomic E-state index is 0.119. The average Bonchev–Trinajstić information content (AvgIpc) is 2.36. The van der Waals surface area contributed by atoms with E-state index < -0.39 is 4.92 Å². The Morgan fingerprint density at radius 3 is 2.35 bits per heavy atom. The van der Waals surface area contributed by atoms with Crippen LogP contribution in [-0.4, -0.2) is 11.1 Å². The second-order valence-corrected chi connectivity index (χ2v) is 4.58. The molecule has 2 aromatic rings. The Hall–Kier alpha value is -2.69. The van der Waals surface area contributed by atoms with Crippen LogP contribution in [0.15, 0.2) is 41.4 Å². The molecule has 0 radical (unpaired) electrons. The molecule has 102 valence electrons. The third-order valence-electron chi connectivity index (χ3n) is 2.76. The molecular weight excluding hydrogens is 256 g/mol. The van der Waals surface area contributed by atoms with Crippen molar-refractivity contribution < 1.29 is 10.0 Å². The lowest BCUT2D eigenvalue weighted by Crippen LogP contribution is -1.98. The smallest absolute Gasteiger partial charge is 0.270 e. The zero-order chi connectivity index (χ0) is 14.7. The first kappa shape index (κ1) is 13.7. The van der Waals surface area contributed by atoms with E-state index >= 15 is 0 Å². The first-order chi connectivity index (χ1) is 9.45. The fourth-order valence-electron chi connectivity index (χ4n) is 1.92. The van der Waals surface area contributed by atoms with Crippen LogP contribution in [0.1, 0.15) is 16.7 Å². The van der Waals surface area contributed by atoms with Crippen LogP contribution in [0, 0.1) is 24.0 Å². The molecule has 0 bridgehead atoms. The molecule has 0 heterocycles. The van der Waals surface area contributed by atoms with Gasteiger partial charge in [-0.1, -0.05) is 17.9 Å². The molecular formula is C15H13N2O3-. The minimum Gasteiger partial charge on any atom is -0.872 e. The van der Waals surface area contributed by atoms with Gasteiger partial charge in [-0.15, -0.1) is 0 Å². The van der Waals surface area contributed by atoms with Crippen LogP contribution in [0.25, 0.3) is 0 Å². The maximum absolute atomic E-state index is 11.6. The molecule has 0 N–H and O–H groups in total. The number of aryl methyl sites for hydroxylation is 2. The van der Waals surface area contributed by atoms with Crippen LogP contribution in [0.2, 0.25) is 0 Å². The summed E-state index contributed by atoms with van der Waals surface area (Å²) in [6, 6.07) is 9.38. The summed E-state index contributed by atoms with van der Waals surface area (Å²) in [7, 11) is 0. The highest BCUT2D eigenvalue weighted by molar-refractivity contribution is 5.86. The predicted molar refractivity (Wildman–Crippen MR) is 75.7 cm³/mol. The summed E-state index contributed by atoms with van der Waals surface area (Å²) in [6.07, 6.45) is 1.36. The number of nitro groups is 1. The van der Waals surface area contributed by atoms with Gasteiger partial charge in [0.2, 0.25) is 0 Å². The van der Waals surface area contributed by atoms with Gasteiger partial charge in [0, 0.05) is 18.3 Å². The van der Waals surface area contributed by atoms with Crippen LogP contribution in [0.5, 0.6) is 5.75 Å². The maximum atomic E-state index is 11.6. The van der Waals surface area contributed by atoms with Crippen LogP contribution in [0.3, 0.4) is 0 Å². The van der Waals surface area contributed by atoms with Crippen molar-refractivity contribution in [3.63, 3.8) is 0 Å². The summed E-state index contributed by atoms with van der Waals surface area (Å²) in [5, 5.41) is 22.3. The van der Waals surface area contributed by atoms with Crippen molar-refractivity contribution >= 4 is 17.6 Å². The van der Waals surface area contributed by atoms with Gasteiger partial charge in [-0.05, 0) is 42.7 Å². The summed E-state index contributed by atoms with van der Waals surface area (Å²) < 4.78 is 0. The van der Waals surface area contributed by atoms with Crippen molar-refractivity contribution in [2.75, 3.05) is 0 Å². The van der Waals surface area contributed by atoms with Crippen molar-refractivity contribution in [1.82, 2.24) is 0 Å². The number of hydrogen-bond donors (Lipinski definition) is 0. The van der Waals surface area contributed by atoms with Gasteiger partial charge < -0.3 is 5.11 Å². The normalized spacial score (nSPS) is 10.9. The highest BCUT2D eigenvalue weighted by atomic mass is 16.6. The summed E-state index contributed by atoms with van der Waals surface area (Å²) >= 11 is 0. The number of nitro benzene ring substituents is 1. The highest BCUT2D eigenvalue weighted by Crippen LogP contribution is 2.21. The third-order valence-corrected chi connectivity index (χ3v) is 2.76. The van der Waals surface area contributed by atoms with Gasteiger partial charge in [0.15, 0.2) is 0 Å². The second kappa shape index (κ2) is 5.52. The molecule has 0 aliphatic heterocycles. The molecule has 2 rings (SSSR count). The Labute approximate surface area is 116 Å². The highest BCUT2D eigenvalue weighted by Gasteiger charge is 2.05. The molecule has 0 unspecified atom stereocenters. The molecule has 0 aliphatic carbocycles. The van der Waals surface area contributed by atoms with E-state index in [1.165, 1.54) is 24.4 Å². The lowest BCUT2D eigenvalue weighted by Gasteiger charge is -2.08. The zero-order valence-corrected chi connectivity index (χ0v) is 11.2. The molecule has 0 spiro atoms. The molecule has 5 nitrogen and oxygen atoms in total. The predicted octanol–water partition coefficient (Wildman–Crippen LogP) is 3.04. The van der Waals surface area contributed by atoms with E-state index in [-0.39, 0.29) is 17.0 Å². The lowest BCUT2D eigenvalue weighted by molar-refractivity contribution is -0.385. The van der Waals surface area contributed by atoms with Crippen molar-refractivity contribution in [2.24, 2.45) is 4.99 Å². The van der Waals surface area contributed by atoms with Gasteiger partial charge in [-0.2, -0.15) is 0 Å². The molecule has 0 aliphatic rings. The van der Waals surface area contributed by atoms with E-state index in [9.17, 15) is 15.2 Å². The van der Waals surface area contributed by atoms with Crippen LogP contribution >= 0.6 is 0 Å². The van der Waals surface area contributed by atoms with Crippen molar-refractivity contribution in [3.05, 3.63) is 63.2 Å². The fraction of sp³-hybridized carbons (Fsp3) is 0.133. The number of hydrogen-bond acceptors (Lipinski definition) is 4. The topological polar surface area (TPSA) is 78.6 Å². The quantitative estimate of drug-likeness (QED) is 0.488. The van der Waals surface area contributed by atoms with Gasteiger partial charge in [0.1, 0.15) is 0 Å². The summed E-state index contributed by atoms with van der Waals surface area (Å²) in [5.41, 5.74) is 2.94. The Balaban J connectivity index is 2.35. The van der Waals surface area contributed by atoms with E-state index in [2.05, 4.69) is 4.99 Å². The SMILES string of the molecule is Cc1cc(C)cc(N=Cc2cc([N+](=O)[O-])ccc2[O-])c1. The van der Waals surface area contributed by atoms with Gasteiger partial charge in [0.05, 0.1) is 10.6 Å². The van der Waals surface area contributed by atoms with Crippen molar-refractivity contribution in [2.45, 2.75) is 13.8 Å². The van der Waals surface area contributed by atoms with E-state index in [1.807, 2.05) is 32.0 Å². The average molecular weight is 269 g/mol. The molecule has 0 atom stereocenters. The molecule has 0 saturated heterocycles. The molecule has 20 heavy (non-hydrogen) atoms. The number of aliphatic imine (C=N–C) groups is 1. The Morgan fingerprint density at radius 1 is 1.10 bits per heavy atom. The van der Waals surface area contributed by atoms with E-state index in [1.54, 1.807) is 0 Å². The standard InChI is InChI=1S/C15H14N2O3/c1-10-5-11(2)7-13(6-10)16-9-12-8-14(17(19)20)3-4-15(12)18/h3-9,18H,1-2H3/p-1. The van der Waals surface area contributed by atoms with E-state index in [0.29, 0.717) is 5.69 Å². The van der Waals surface area contributed by atoms with Gasteiger partial charge in [-0.3, -0.25) is 15.1 Å². The van der Waals surface area contributed by atoms with Crippen molar-refractivity contribution in [1.29, 1.82) is 0 Å². The van der Waals surface area contributed by atoms with Gasteiger partial charge >= 0.3 is 0 Å². The molecule has 0 aromatic heterocycles. The first-order valence-electron chi connectivity index (χ1n) is 6.03. The van der Waals surface area contributed by atoms with Crippen LogP contribution in [-0.2, 0) is 0 Å². The van der Waals surface area contributed by atoms with Gasteiger partial charge in [0.25, 0.3) is 5.69 Å². The van der Waals surface area contributed by atoms with Crippen LogP contribution < -0.4 is 5.11 Å². The van der Waals surface area contributed by atoms with Crippen LogP contribution in [0.4, 0.5) is 11.4 Å². The zero-order valence-electron chi connectivity index (χ0n) is 11.2. The molecule has 0 saturated carbocycles. The first-order valence-corrected chi connectivity index (χ1v) is 6.03. The minimum atomic E-state index is -0.534. The second-order valence-electron chi connectivity index (χ2n) is 4.58. The number of nitrogens with zero attached hydrogens (tertiary/aromatic N) is 2. The molecule has 0 amide bonds. The maximum Gasteiger partial charge on any atom is 0.270 e. The number of rotatable bonds is 3. The summed E-state index contributed by atoms with van der Waals surface area (Å²) in [4.78, 5) is 14.4. The Bertz CT molecular complexity index is 673. The molecule has 5 heteroatoms. The van der Waals surface area contributed by atoms with E-state index in [4.69, 9.17) is 0 Å². The Kier molecular flexibility index (Phi) is 3.79. The van der Waals surface area contributed by atoms with E-state index in [0.717, 1.165) is 11.1 Å². The molecule has 0 fully saturated rings. The van der Waals surface area contributed by atoms with Crippen molar-refractivity contribution in [3.8, 4) is 5.75 Å². The largest absolute Gasteiger partial charge is 0.872 e. The number of benzene rings is 2. The summed E-state index contributed by atoms with van der Waals surface area (Å²) in [5.74, 6) is -0.288.